The first-order valence-electron chi connectivity index (χ1n) is 6.43. The number of ether oxygens (including phenoxy) is 3. The Morgan fingerprint density at radius 2 is 1.68 bits per heavy atom. The van der Waals surface area contributed by atoms with Crippen LogP contribution in [0.25, 0.3) is 0 Å². The van der Waals surface area contributed by atoms with Gasteiger partial charge >= 0.3 is 0 Å². The molecule has 19 heavy (non-hydrogen) atoms. The van der Waals surface area contributed by atoms with Gasteiger partial charge in [-0.25, -0.2) is 8.42 Å². The third kappa shape index (κ3) is 12.9. The van der Waals surface area contributed by atoms with Crippen molar-refractivity contribution < 1.29 is 22.6 Å². The van der Waals surface area contributed by atoms with Crippen molar-refractivity contribution in [2.24, 2.45) is 11.8 Å². The van der Waals surface area contributed by atoms with Gasteiger partial charge in [0.1, 0.15) is 0 Å². The van der Waals surface area contributed by atoms with Crippen LogP contribution in [0, 0.1) is 11.8 Å². The maximum absolute atomic E-state index is 11.1. The molecule has 0 bridgehead atoms. The lowest BCUT2D eigenvalue weighted by molar-refractivity contribution is 0.0247. The lowest BCUT2D eigenvalue weighted by atomic mass is 9.99. The van der Waals surface area contributed by atoms with E-state index in [1.54, 1.807) is 7.11 Å². The lowest BCUT2D eigenvalue weighted by Crippen LogP contribution is -2.24. The van der Waals surface area contributed by atoms with Crippen molar-refractivity contribution in [2.45, 2.75) is 20.3 Å². The molecule has 0 aromatic heterocycles. The molecule has 0 radical (unpaired) electrons. The summed E-state index contributed by atoms with van der Waals surface area (Å²) in [5, 5.41) is 0. The maximum Gasteiger partial charge on any atom is 0.232 e. The van der Waals surface area contributed by atoms with Gasteiger partial charge in [-0.2, -0.15) is 0 Å². The fraction of sp³-hybridized carbons (Fsp3) is 1.00. The Bertz CT molecular complexity index is 305. The molecule has 0 N–H and O–H groups in total. The molecule has 0 rings (SSSR count). The van der Waals surface area contributed by atoms with Gasteiger partial charge in [-0.15, -0.1) is 0 Å². The van der Waals surface area contributed by atoms with E-state index in [0.717, 1.165) is 6.42 Å². The van der Waals surface area contributed by atoms with Crippen LogP contribution in [0.2, 0.25) is 0 Å². The van der Waals surface area contributed by atoms with Gasteiger partial charge < -0.3 is 14.2 Å². The predicted octanol–water partition coefficient (Wildman–Crippen LogP) is 1.90. The Balaban J connectivity index is 3.65. The summed E-state index contributed by atoms with van der Waals surface area (Å²) in [6, 6.07) is 0. The smallest absolute Gasteiger partial charge is 0.232 e. The van der Waals surface area contributed by atoms with Gasteiger partial charge in [-0.1, -0.05) is 13.8 Å². The number of hydrogen-bond acceptors (Lipinski definition) is 5. The molecule has 0 saturated carbocycles. The second-order valence-corrected chi connectivity index (χ2v) is 7.56. The number of hydrogen-bond donors (Lipinski definition) is 0. The first kappa shape index (κ1) is 19.1. The molecule has 0 aliphatic carbocycles. The molecule has 5 nitrogen and oxygen atoms in total. The van der Waals surface area contributed by atoms with Crippen molar-refractivity contribution in [2.75, 3.05) is 45.9 Å². The fourth-order valence-electron chi connectivity index (χ4n) is 1.45. The van der Waals surface area contributed by atoms with E-state index in [1.165, 1.54) is 0 Å². The van der Waals surface area contributed by atoms with Crippen LogP contribution in [-0.2, 0) is 23.3 Å². The van der Waals surface area contributed by atoms with Crippen LogP contribution in [-0.4, -0.2) is 54.3 Å². The van der Waals surface area contributed by atoms with Gasteiger partial charge in [0, 0.05) is 31.0 Å². The van der Waals surface area contributed by atoms with E-state index in [2.05, 4.69) is 0 Å². The Kier molecular flexibility index (Phi) is 10.9. The highest BCUT2D eigenvalue weighted by Gasteiger charge is 2.20. The molecule has 1 unspecified atom stereocenters. The summed E-state index contributed by atoms with van der Waals surface area (Å²) in [5.74, 6) is 0.0631. The molecule has 1 atom stereocenters. The van der Waals surface area contributed by atoms with E-state index in [4.69, 9.17) is 24.9 Å². The lowest BCUT2D eigenvalue weighted by Gasteiger charge is -2.19. The first-order chi connectivity index (χ1) is 8.87. The molecule has 0 aromatic rings. The Hall–Kier alpha value is 0.120. The van der Waals surface area contributed by atoms with Crippen molar-refractivity contribution in [3.63, 3.8) is 0 Å². The summed E-state index contributed by atoms with van der Waals surface area (Å²) in [7, 11) is 3.44. The number of methoxy groups -OCH3 is 1. The Morgan fingerprint density at radius 1 is 1.05 bits per heavy atom. The summed E-state index contributed by atoms with van der Waals surface area (Å²) < 4.78 is 37.8. The molecule has 0 aliphatic heterocycles. The van der Waals surface area contributed by atoms with Crippen molar-refractivity contribution >= 4 is 19.7 Å². The molecule has 0 amide bonds. The monoisotopic (exact) mass is 316 g/mol. The van der Waals surface area contributed by atoms with Gasteiger partial charge in [0.25, 0.3) is 0 Å². The zero-order valence-electron chi connectivity index (χ0n) is 11.9. The van der Waals surface area contributed by atoms with Crippen LogP contribution in [0.1, 0.15) is 20.3 Å². The van der Waals surface area contributed by atoms with Crippen LogP contribution in [0.3, 0.4) is 0 Å². The molecule has 0 saturated heterocycles. The standard InChI is InChI=1S/C12H25ClO5S/c1-11(2)12(10-19(13,14)15)9-18-8-7-17-6-4-5-16-3/h11-12H,4-10H2,1-3H3. The van der Waals surface area contributed by atoms with E-state index < -0.39 is 9.05 Å². The molecule has 7 heteroatoms. The van der Waals surface area contributed by atoms with E-state index >= 15 is 0 Å². The minimum absolute atomic E-state index is 0.0546. The van der Waals surface area contributed by atoms with Crippen molar-refractivity contribution in [1.29, 1.82) is 0 Å². The van der Waals surface area contributed by atoms with E-state index in [-0.39, 0.29) is 17.6 Å². The summed E-state index contributed by atoms with van der Waals surface area (Å²) in [4.78, 5) is 0. The Labute approximate surface area is 121 Å². The van der Waals surface area contributed by atoms with Crippen LogP contribution >= 0.6 is 10.7 Å². The molecule has 0 heterocycles. The van der Waals surface area contributed by atoms with E-state index in [9.17, 15) is 8.42 Å². The number of halogens is 1. The third-order valence-electron chi connectivity index (χ3n) is 2.70. The summed E-state index contributed by atoms with van der Waals surface area (Å²) in [6.45, 7) is 6.57. The zero-order valence-corrected chi connectivity index (χ0v) is 13.5. The second-order valence-electron chi connectivity index (χ2n) is 4.74. The normalized spacial score (nSPS) is 13.9. The highest BCUT2D eigenvalue weighted by molar-refractivity contribution is 8.13. The Morgan fingerprint density at radius 3 is 2.21 bits per heavy atom. The van der Waals surface area contributed by atoms with Crippen LogP contribution < -0.4 is 0 Å². The number of rotatable bonds is 12. The topological polar surface area (TPSA) is 61.8 Å². The summed E-state index contributed by atoms with van der Waals surface area (Å²) in [5.41, 5.74) is 0. The van der Waals surface area contributed by atoms with E-state index in [1.807, 2.05) is 13.8 Å². The zero-order chi connectivity index (χ0) is 14.7. The minimum Gasteiger partial charge on any atom is -0.385 e. The molecular formula is C12H25ClO5S. The summed E-state index contributed by atoms with van der Waals surface area (Å²) >= 11 is 0. The van der Waals surface area contributed by atoms with Crippen molar-refractivity contribution in [3.05, 3.63) is 0 Å². The average molecular weight is 317 g/mol. The van der Waals surface area contributed by atoms with Gasteiger partial charge in [-0.05, 0) is 18.3 Å². The fourth-order valence-corrected chi connectivity index (χ4v) is 2.93. The molecule has 0 spiro atoms. The minimum atomic E-state index is -3.48. The highest BCUT2D eigenvalue weighted by atomic mass is 35.7. The second kappa shape index (κ2) is 10.9. The maximum atomic E-state index is 11.1. The first-order valence-corrected chi connectivity index (χ1v) is 8.91. The van der Waals surface area contributed by atoms with Gasteiger partial charge in [-0.3, -0.25) is 0 Å². The third-order valence-corrected chi connectivity index (χ3v) is 3.90. The predicted molar refractivity (Wildman–Crippen MR) is 76.1 cm³/mol. The van der Waals surface area contributed by atoms with Gasteiger partial charge in [0.2, 0.25) is 9.05 Å². The van der Waals surface area contributed by atoms with E-state index in [0.29, 0.717) is 33.0 Å². The largest absolute Gasteiger partial charge is 0.385 e. The molecular weight excluding hydrogens is 292 g/mol. The molecule has 0 aromatic carbocycles. The average Bonchev–Trinajstić information content (AvgIpc) is 2.29. The van der Waals surface area contributed by atoms with Gasteiger partial charge in [0.15, 0.2) is 0 Å². The van der Waals surface area contributed by atoms with Crippen LogP contribution in [0.15, 0.2) is 0 Å². The summed E-state index contributed by atoms with van der Waals surface area (Å²) in [6.07, 6.45) is 0.857. The molecule has 0 aliphatic rings. The van der Waals surface area contributed by atoms with Crippen molar-refractivity contribution in [1.82, 2.24) is 0 Å². The van der Waals surface area contributed by atoms with Crippen LogP contribution in [0.4, 0.5) is 0 Å². The van der Waals surface area contributed by atoms with Crippen LogP contribution in [0.5, 0.6) is 0 Å². The van der Waals surface area contributed by atoms with Crippen molar-refractivity contribution in [3.8, 4) is 0 Å². The highest BCUT2D eigenvalue weighted by Crippen LogP contribution is 2.16. The molecule has 116 valence electrons. The molecule has 0 fully saturated rings. The quantitative estimate of drug-likeness (QED) is 0.406. The SMILES string of the molecule is COCCCOCCOCC(CS(=O)(=O)Cl)C(C)C. The van der Waals surface area contributed by atoms with Gasteiger partial charge in [0.05, 0.1) is 25.6 Å².